The van der Waals surface area contributed by atoms with Gasteiger partial charge in [-0.05, 0) is 29.7 Å². The van der Waals surface area contributed by atoms with Crippen molar-refractivity contribution in [2.45, 2.75) is 25.9 Å². The van der Waals surface area contributed by atoms with Crippen molar-refractivity contribution in [2.24, 2.45) is 0 Å². The molecule has 0 bridgehead atoms. The van der Waals surface area contributed by atoms with Gasteiger partial charge < -0.3 is 20.0 Å². The van der Waals surface area contributed by atoms with Gasteiger partial charge in [0.2, 0.25) is 11.8 Å². The van der Waals surface area contributed by atoms with Crippen LogP contribution in [0.3, 0.4) is 0 Å². The Morgan fingerprint density at radius 1 is 1.21 bits per heavy atom. The zero-order chi connectivity index (χ0) is 16.9. The number of nitrogens with one attached hydrogen (secondary N) is 3. The average molecular weight is 325 g/mol. The molecule has 0 spiro atoms. The van der Waals surface area contributed by atoms with Crippen molar-refractivity contribution in [3.05, 3.63) is 60.2 Å². The number of aromatic amines is 1. The zero-order valence-corrected chi connectivity index (χ0v) is 13.3. The lowest BCUT2D eigenvalue weighted by atomic mass is 10.1. The van der Waals surface area contributed by atoms with Crippen LogP contribution in [0.4, 0.5) is 0 Å². The van der Waals surface area contributed by atoms with E-state index in [4.69, 9.17) is 4.42 Å². The second-order valence-electron chi connectivity index (χ2n) is 5.64. The molecule has 0 saturated carbocycles. The summed E-state index contributed by atoms with van der Waals surface area (Å²) in [6.45, 7) is 1.69. The van der Waals surface area contributed by atoms with Crippen LogP contribution in [-0.2, 0) is 22.6 Å². The highest BCUT2D eigenvalue weighted by molar-refractivity contribution is 5.87. The van der Waals surface area contributed by atoms with Crippen LogP contribution in [0.5, 0.6) is 0 Å². The molecule has 0 fully saturated rings. The van der Waals surface area contributed by atoms with Crippen LogP contribution in [0.25, 0.3) is 10.9 Å². The van der Waals surface area contributed by atoms with Crippen molar-refractivity contribution in [3.8, 4) is 0 Å². The molecule has 0 radical (unpaired) electrons. The molecule has 0 unspecified atom stereocenters. The molecule has 2 aromatic heterocycles. The van der Waals surface area contributed by atoms with E-state index in [2.05, 4.69) is 15.6 Å². The molecule has 1 aromatic carbocycles. The maximum absolute atomic E-state index is 12.4. The highest BCUT2D eigenvalue weighted by Gasteiger charge is 2.21. The summed E-state index contributed by atoms with van der Waals surface area (Å²) in [6, 6.07) is 12.8. The smallest absolute Gasteiger partial charge is 0.243 e. The van der Waals surface area contributed by atoms with E-state index in [1.165, 1.54) is 6.92 Å². The Balaban J connectivity index is 1.70. The first-order valence-corrected chi connectivity index (χ1v) is 7.75. The van der Waals surface area contributed by atoms with Crippen molar-refractivity contribution in [3.63, 3.8) is 0 Å². The fourth-order valence-electron chi connectivity index (χ4n) is 2.63. The molecule has 0 aliphatic rings. The molecule has 1 atom stereocenters. The van der Waals surface area contributed by atoms with E-state index in [0.29, 0.717) is 12.2 Å². The van der Waals surface area contributed by atoms with Crippen molar-refractivity contribution in [2.75, 3.05) is 0 Å². The molecular formula is C18H19N3O3. The number of fused-ring (bicyclic) bond motifs is 1. The number of para-hydroxylation sites is 1. The van der Waals surface area contributed by atoms with Gasteiger partial charge in [-0.15, -0.1) is 0 Å². The Kier molecular flexibility index (Phi) is 4.65. The third-order valence-electron chi connectivity index (χ3n) is 3.72. The van der Waals surface area contributed by atoms with Gasteiger partial charge in [-0.3, -0.25) is 9.59 Å². The molecule has 2 heterocycles. The molecule has 6 heteroatoms. The van der Waals surface area contributed by atoms with E-state index in [-0.39, 0.29) is 18.4 Å². The van der Waals surface area contributed by atoms with Gasteiger partial charge in [0.1, 0.15) is 11.8 Å². The fourth-order valence-corrected chi connectivity index (χ4v) is 2.63. The van der Waals surface area contributed by atoms with Crippen LogP contribution in [0.2, 0.25) is 0 Å². The summed E-state index contributed by atoms with van der Waals surface area (Å²) < 4.78 is 5.19. The number of aromatic nitrogens is 1. The molecule has 0 aliphatic carbocycles. The first kappa shape index (κ1) is 15.9. The number of rotatable bonds is 6. The SMILES string of the molecule is CC(=O)N[C@H](Cc1cc2ccccc2[nH]1)C(=O)NCc1ccco1. The molecule has 2 amide bonds. The summed E-state index contributed by atoms with van der Waals surface area (Å²) in [7, 11) is 0. The Morgan fingerprint density at radius 2 is 2.04 bits per heavy atom. The predicted octanol–water partition coefficient (Wildman–Crippen LogP) is 2.12. The largest absolute Gasteiger partial charge is 0.467 e. The van der Waals surface area contributed by atoms with E-state index >= 15 is 0 Å². The molecule has 124 valence electrons. The monoisotopic (exact) mass is 325 g/mol. The van der Waals surface area contributed by atoms with Crippen LogP contribution in [0.1, 0.15) is 18.4 Å². The molecule has 0 saturated heterocycles. The minimum atomic E-state index is -0.648. The van der Waals surface area contributed by atoms with E-state index in [1.54, 1.807) is 18.4 Å². The zero-order valence-electron chi connectivity index (χ0n) is 13.3. The van der Waals surface area contributed by atoms with Crippen LogP contribution in [0, 0.1) is 0 Å². The fraction of sp³-hybridized carbons (Fsp3) is 0.222. The highest BCUT2D eigenvalue weighted by Crippen LogP contribution is 2.16. The van der Waals surface area contributed by atoms with Gasteiger partial charge in [0.25, 0.3) is 0 Å². The lowest BCUT2D eigenvalue weighted by Gasteiger charge is -2.16. The van der Waals surface area contributed by atoms with E-state index in [9.17, 15) is 9.59 Å². The molecule has 24 heavy (non-hydrogen) atoms. The molecule has 0 aliphatic heterocycles. The number of hydrogen-bond donors (Lipinski definition) is 3. The van der Waals surface area contributed by atoms with Crippen molar-refractivity contribution >= 4 is 22.7 Å². The Hall–Kier alpha value is -3.02. The summed E-state index contributed by atoms with van der Waals surface area (Å²) >= 11 is 0. The molecule has 3 rings (SSSR count). The normalized spacial score (nSPS) is 12.0. The predicted molar refractivity (Wildman–Crippen MR) is 90.2 cm³/mol. The number of amides is 2. The van der Waals surface area contributed by atoms with Crippen LogP contribution >= 0.6 is 0 Å². The first-order valence-electron chi connectivity index (χ1n) is 7.75. The number of hydrogen-bond acceptors (Lipinski definition) is 3. The van der Waals surface area contributed by atoms with Crippen molar-refractivity contribution < 1.29 is 14.0 Å². The summed E-state index contributed by atoms with van der Waals surface area (Å²) in [5, 5.41) is 6.56. The van der Waals surface area contributed by atoms with Crippen LogP contribution < -0.4 is 10.6 Å². The standard InChI is InChI=1S/C18H19N3O3/c1-12(22)20-17(18(23)19-11-15-6-4-8-24-15)10-14-9-13-5-2-3-7-16(13)21-14/h2-9,17,21H,10-11H2,1H3,(H,19,23)(H,20,22)/t17-/m1/s1. The summed E-state index contributed by atoms with van der Waals surface area (Å²) in [4.78, 5) is 27.1. The summed E-state index contributed by atoms with van der Waals surface area (Å²) in [5.74, 6) is 0.167. The average Bonchev–Trinajstić information content (AvgIpc) is 3.20. The number of carbonyl (C=O) groups is 2. The third-order valence-corrected chi connectivity index (χ3v) is 3.72. The minimum Gasteiger partial charge on any atom is -0.467 e. The van der Waals surface area contributed by atoms with Gasteiger partial charge in [0.05, 0.1) is 12.8 Å². The van der Waals surface area contributed by atoms with Gasteiger partial charge in [-0.25, -0.2) is 0 Å². The second kappa shape index (κ2) is 7.04. The summed E-state index contributed by atoms with van der Waals surface area (Å²) in [6.07, 6.45) is 1.94. The van der Waals surface area contributed by atoms with Gasteiger partial charge in [0.15, 0.2) is 0 Å². The minimum absolute atomic E-state index is 0.246. The molecular weight excluding hydrogens is 306 g/mol. The van der Waals surface area contributed by atoms with Gasteiger partial charge in [-0.1, -0.05) is 18.2 Å². The van der Waals surface area contributed by atoms with Crippen LogP contribution in [0.15, 0.2) is 53.1 Å². The summed E-state index contributed by atoms with van der Waals surface area (Å²) in [5.41, 5.74) is 1.90. The topological polar surface area (TPSA) is 87.1 Å². The first-order chi connectivity index (χ1) is 11.6. The maximum Gasteiger partial charge on any atom is 0.243 e. The van der Waals surface area contributed by atoms with Crippen molar-refractivity contribution in [1.29, 1.82) is 0 Å². The Morgan fingerprint density at radius 3 is 2.75 bits per heavy atom. The maximum atomic E-state index is 12.4. The third kappa shape index (κ3) is 3.84. The van der Waals surface area contributed by atoms with Gasteiger partial charge >= 0.3 is 0 Å². The Labute approximate surface area is 139 Å². The number of H-pyrrole nitrogens is 1. The van der Waals surface area contributed by atoms with Crippen molar-refractivity contribution in [1.82, 2.24) is 15.6 Å². The van der Waals surface area contributed by atoms with E-state index in [0.717, 1.165) is 16.6 Å². The number of furan rings is 1. The molecule has 6 nitrogen and oxygen atoms in total. The quantitative estimate of drug-likeness (QED) is 0.649. The lowest BCUT2D eigenvalue weighted by Crippen LogP contribution is -2.47. The molecule has 3 N–H and O–H groups in total. The second-order valence-corrected chi connectivity index (χ2v) is 5.64. The lowest BCUT2D eigenvalue weighted by molar-refractivity contribution is -0.128. The van der Waals surface area contributed by atoms with Gasteiger partial charge in [-0.2, -0.15) is 0 Å². The van der Waals surface area contributed by atoms with E-state index < -0.39 is 6.04 Å². The number of benzene rings is 1. The Bertz CT molecular complexity index is 803. The van der Waals surface area contributed by atoms with Gasteiger partial charge in [0, 0.05) is 24.6 Å². The van der Waals surface area contributed by atoms with E-state index in [1.807, 2.05) is 30.3 Å². The highest BCUT2D eigenvalue weighted by atomic mass is 16.3. The molecule has 3 aromatic rings. The number of carbonyl (C=O) groups excluding carboxylic acids is 2. The van der Waals surface area contributed by atoms with Crippen LogP contribution in [-0.4, -0.2) is 22.8 Å².